The van der Waals surface area contributed by atoms with Gasteiger partial charge in [-0.2, -0.15) is 0 Å². The fourth-order valence-corrected chi connectivity index (χ4v) is 16.6. The maximum atomic E-state index is 12.8. The Kier molecular flexibility index (Phi) is 36.1. The normalized spacial score (nSPS) is 29.9. The third-order valence-electron chi connectivity index (χ3n) is 15.9. The Morgan fingerprint density at radius 3 is 1.65 bits per heavy atom. The Balaban J connectivity index is 1.29. The lowest BCUT2D eigenvalue weighted by Gasteiger charge is -2.52. The van der Waals surface area contributed by atoms with E-state index in [0.717, 1.165) is 44.8 Å². The number of aliphatic hydroxyl groups excluding tert-OH is 7. The van der Waals surface area contributed by atoms with E-state index in [4.69, 9.17) is 36.7 Å². The molecule has 14 atom stereocenters. The maximum Gasteiger partial charge on any atom is 0.490 e. The molecule has 8 N–H and O–H groups in total. The molecular formula is C58H114N2O16Si2. The van der Waals surface area contributed by atoms with Crippen LogP contribution in [0.4, 0.5) is 0 Å². The van der Waals surface area contributed by atoms with E-state index in [0.29, 0.717) is 31.6 Å². The van der Waals surface area contributed by atoms with Crippen LogP contribution in [0.25, 0.3) is 0 Å². The molecule has 0 bridgehead atoms. The lowest BCUT2D eigenvalue weighted by atomic mass is 9.76. The highest BCUT2D eigenvalue weighted by molar-refractivity contribution is 6.66. The van der Waals surface area contributed by atoms with Crippen LogP contribution in [0.3, 0.4) is 0 Å². The van der Waals surface area contributed by atoms with E-state index >= 15 is 0 Å². The molecule has 3 rings (SSSR count). The molecule has 0 spiro atoms. The van der Waals surface area contributed by atoms with Crippen LogP contribution in [0, 0.1) is 5.41 Å². The van der Waals surface area contributed by atoms with Gasteiger partial charge in [-0.05, 0) is 91.4 Å². The van der Waals surface area contributed by atoms with Crippen molar-refractivity contribution in [1.29, 1.82) is 0 Å². The molecule has 14 unspecified atom stereocenters. The van der Waals surface area contributed by atoms with Gasteiger partial charge >= 0.3 is 8.80 Å². The molecule has 18 nitrogen and oxygen atoms in total. The van der Waals surface area contributed by atoms with Crippen molar-refractivity contribution in [1.82, 2.24) is 10.2 Å². The molecule has 0 aliphatic carbocycles. The van der Waals surface area contributed by atoms with E-state index in [-0.39, 0.29) is 0 Å². The first-order valence-electron chi connectivity index (χ1n) is 30.8. The molecule has 460 valence electrons. The Hall–Kier alpha value is -0.996. The first-order valence-corrected chi connectivity index (χ1v) is 34.1. The Labute approximate surface area is 474 Å². The number of hydrogen-bond donors (Lipinski definition) is 8. The third-order valence-corrected chi connectivity index (χ3v) is 21.4. The zero-order valence-electron chi connectivity index (χ0n) is 50.0. The first-order chi connectivity index (χ1) is 37.4. The first kappa shape index (κ1) is 71.3. The van der Waals surface area contributed by atoms with Crippen LogP contribution in [0.15, 0.2) is 12.2 Å². The van der Waals surface area contributed by atoms with Gasteiger partial charge in [-0.15, -0.1) is 0 Å². The molecule has 20 heteroatoms. The van der Waals surface area contributed by atoms with E-state index in [1.165, 1.54) is 123 Å². The number of rotatable bonds is 43. The van der Waals surface area contributed by atoms with Crippen molar-refractivity contribution in [3.8, 4) is 0 Å². The molecule has 0 aromatic rings. The average molecular weight is 1150 g/mol. The van der Waals surface area contributed by atoms with E-state index in [9.17, 15) is 40.5 Å². The van der Waals surface area contributed by atoms with E-state index in [2.05, 4.69) is 57.1 Å². The van der Waals surface area contributed by atoms with E-state index in [1.54, 1.807) is 13.8 Å². The molecular weight excluding hydrogens is 1040 g/mol. The molecule has 3 aliphatic heterocycles. The topological polar surface area (TPSA) is 248 Å². The molecule has 0 radical (unpaired) electrons. The molecule has 3 fully saturated rings. The Morgan fingerprint density at radius 2 is 1.14 bits per heavy atom. The molecule has 78 heavy (non-hydrogen) atoms. The van der Waals surface area contributed by atoms with Crippen LogP contribution in [0.1, 0.15) is 203 Å². The summed E-state index contributed by atoms with van der Waals surface area (Å²) in [6.07, 6.45) is 16.1. The van der Waals surface area contributed by atoms with Gasteiger partial charge in [0.25, 0.3) is 0 Å². The zero-order chi connectivity index (χ0) is 57.5. The number of hydrogen-bond acceptors (Lipinski definition) is 17. The van der Waals surface area contributed by atoms with Crippen molar-refractivity contribution in [2.75, 3.05) is 46.6 Å². The molecule has 3 saturated heterocycles. The van der Waals surface area contributed by atoms with Gasteiger partial charge in [-0.25, -0.2) is 0 Å². The number of aliphatic hydroxyl groups is 7. The number of amides is 1. The molecule has 0 saturated carbocycles. The van der Waals surface area contributed by atoms with Gasteiger partial charge in [0.05, 0.1) is 37.6 Å². The SMILES string of the molecule is CCO[Si](CCCCCCCCCCCCCCCCCCCC/C=C/CCCN(C)CCCC1OC(CO)C(OC2OC(CO)C(O)C(C)(C)C2O)C(OC2OC(C)C(O)C(O)C2O)C1NC(C)=O)(OCC)O[SiH2]C(C)C. The van der Waals surface area contributed by atoms with Gasteiger partial charge in [0, 0.05) is 31.6 Å². The zero-order valence-corrected chi connectivity index (χ0v) is 52.4. The summed E-state index contributed by atoms with van der Waals surface area (Å²) in [5.74, 6) is -0.419. The number of ether oxygens (including phenoxy) is 5. The van der Waals surface area contributed by atoms with Crippen molar-refractivity contribution in [3.05, 3.63) is 12.2 Å². The highest BCUT2D eigenvalue weighted by atomic mass is 28.4. The second-order valence-electron chi connectivity index (χ2n) is 23.7. The molecule has 3 heterocycles. The minimum Gasteiger partial charge on any atom is -0.421 e. The summed E-state index contributed by atoms with van der Waals surface area (Å²) in [4.78, 5) is 15.1. The van der Waals surface area contributed by atoms with Gasteiger partial charge in [-0.3, -0.25) is 4.79 Å². The van der Waals surface area contributed by atoms with Crippen molar-refractivity contribution in [2.45, 2.75) is 300 Å². The van der Waals surface area contributed by atoms with E-state index < -0.39 is 129 Å². The predicted octanol–water partition coefficient (Wildman–Crippen LogP) is 6.71. The van der Waals surface area contributed by atoms with Gasteiger partial charge in [-0.1, -0.05) is 143 Å². The minimum absolute atomic E-state index is 0.419. The quantitative estimate of drug-likeness (QED) is 0.0179. The van der Waals surface area contributed by atoms with Crippen LogP contribution in [-0.2, 0) is 41.4 Å². The van der Waals surface area contributed by atoms with Crippen LogP contribution >= 0.6 is 0 Å². The molecule has 0 aromatic heterocycles. The van der Waals surface area contributed by atoms with Gasteiger partial charge in [0.15, 0.2) is 22.3 Å². The smallest absolute Gasteiger partial charge is 0.421 e. The number of allylic oxidation sites excluding steroid dienone is 2. The average Bonchev–Trinajstić information content (AvgIpc) is 3.43. The number of carbonyl (C=O) groups excluding carboxylic acids is 1. The number of carbonyl (C=O) groups is 1. The monoisotopic (exact) mass is 1150 g/mol. The largest absolute Gasteiger partial charge is 0.490 e. The summed E-state index contributed by atoms with van der Waals surface area (Å²) < 4.78 is 49.5. The van der Waals surface area contributed by atoms with Crippen molar-refractivity contribution in [3.63, 3.8) is 0 Å². The minimum atomic E-state index is -2.48. The summed E-state index contributed by atoms with van der Waals surface area (Å²) in [7, 11) is -1.02. The lowest BCUT2D eigenvalue weighted by molar-refractivity contribution is -0.364. The van der Waals surface area contributed by atoms with Crippen LogP contribution in [-0.4, -0.2) is 197 Å². The Bertz CT molecular complexity index is 1570. The van der Waals surface area contributed by atoms with Crippen molar-refractivity contribution in [2.24, 2.45) is 5.41 Å². The van der Waals surface area contributed by atoms with Crippen LogP contribution in [0.2, 0.25) is 11.6 Å². The summed E-state index contributed by atoms with van der Waals surface area (Å²) in [5.41, 5.74) is -0.580. The van der Waals surface area contributed by atoms with Gasteiger partial charge in [0.1, 0.15) is 48.8 Å². The Morgan fingerprint density at radius 1 is 0.641 bits per heavy atom. The second-order valence-corrected chi connectivity index (χ2v) is 29.2. The summed E-state index contributed by atoms with van der Waals surface area (Å²) in [6, 6.07) is 0.0283. The van der Waals surface area contributed by atoms with Crippen molar-refractivity contribution < 1.29 is 77.2 Å². The fraction of sp³-hybridized carbons (Fsp3) is 0.948. The maximum absolute atomic E-state index is 12.8. The molecule has 3 aliphatic rings. The lowest BCUT2D eigenvalue weighted by Crippen LogP contribution is -2.69. The summed E-state index contributed by atoms with van der Waals surface area (Å²) in [5, 5.41) is 77.9. The second kappa shape index (κ2) is 39.5. The number of unbranched alkanes of at least 4 members (excludes halogenated alkanes) is 19. The van der Waals surface area contributed by atoms with Crippen LogP contribution < -0.4 is 5.32 Å². The van der Waals surface area contributed by atoms with Gasteiger partial charge in [0.2, 0.25) is 5.91 Å². The van der Waals surface area contributed by atoms with Gasteiger partial charge < -0.3 is 82.6 Å². The van der Waals surface area contributed by atoms with E-state index in [1.807, 2.05) is 0 Å². The highest BCUT2D eigenvalue weighted by Crippen LogP contribution is 2.40. The third kappa shape index (κ3) is 25.1. The highest BCUT2D eigenvalue weighted by Gasteiger charge is 2.56. The number of nitrogens with one attached hydrogen (secondary N) is 1. The molecule has 1 amide bonds. The summed E-state index contributed by atoms with van der Waals surface area (Å²) >= 11 is 0. The predicted molar refractivity (Wildman–Crippen MR) is 308 cm³/mol. The van der Waals surface area contributed by atoms with Crippen LogP contribution in [0.5, 0.6) is 0 Å². The molecule has 0 aromatic carbocycles. The standard InChI is InChI=1S/C58H114N2O16Si2/c1-10-69-78(70-11-2,76-77-42(3)4)39-34-32-30-28-26-24-22-20-18-16-14-12-13-15-17-19-21-23-25-27-29-31-33-37-60(9)38-35-36-45-48(59-44(6)63)53(75-56-51(66)50(65)49(64)43(5)71-56)52(46(40-61)72-45)74-57-55(68)58(7,8)54(67)47(41-62)73-57/h27,29,42-43,45-57,61-62,64-68H,10-26,28,30-41,77H2,1-9H3,(H,59,63)/b29-27+. The van der Waals surface area contributed by atoms with Crippen molar-refractivity contribution >= 4 is 24.5 Å². The number of nitrogens with zero attached hydrogens (tertiary/aromatic N) is 1. The fourth-order valence-electron chi connectivity index (χ4n) is 11.1. The summed E-state index contributed by atoms with van der Waals surface area (Å²) in [6.45, 7) is 16.5.